The van der Waals surface area contributed by atoms with Crippen LogP contribution in [0.3, 0.4) is 0 Å². The zero-order chi connectivity index (χ0) is 13.7. The molecule has 1 saturated heterocycles. The Labute approximate surface area is 120 Å². The minimum atomic E-state index is 0.696. The third-order valence-electron chi connectivity index (χ3n) is 3.92. The summed E-state index contributed by atoms with van der Waals surface area (Å²) in [5.74, 6) is 0. The van der Waals surface area contributed by atoms with Gasteiger partial charge in [0.25, 0.3) is 0 Å². The van der Waals surface area contributed by atoms with Crippen molar-refractivity contribution in [2.45, 2.75) is 26.3 Å². The van der Waals surface area contributed by atoms with Crippen LogP contribution < -0.4 is 4.90 Å². The molecule has 4 heteroatoms. The maximum absolute atomic E-state index is 4.61. The van der Waals surface area contributed by atoms with Crippen LogP contribution in [0.4, 0.5) is 11.4 Å². The summed E-state index contributed by atoms with van der Waals surface area (Å²) in [5, 5.41) is 2.40. The van der Waals surface area contributed by atoms with E-state index in [0.29, 0.717) is 6.04 Å². The van der Waals surface area contributed by atoms with Gasteiger partial charge in [0, 0.05) is 37.9 Å². The molecule has 0 radical (unpaired) electrons. The molecule has 1 aromatic rings. The first kappa shape index (κ1) is 14.2. The number of hydrogen-bond acceptors (Lipinski definition) is 4. The van der Waals surface area contributed by atoms with Crippen LogP contribution in [0.25, 0.3) is 0 Å². The van der Waals surface area contributed by atoms with Crippen molar-refractivity contribution in [1.82, 2.24) is 4.90 Å². The SMILES string of the molecule is CC[C@@H](C)N1CCN(c2ccc(N=C=S)cc2)CC1. The van der Waals surface area contributed by atoms with Gasteiger partial charge in [-0.2, -0.15) is 4.99 Å². The molecule has 0 amide bonds. The zero-order valence-electron chi connectivity index (χ0n) is 11.7. The molecular formula is C15H21N3S. The van der Waals surface area contributed by atoms with E-state index in [1.54, 1.807) is 0 Å². The lowest BCUT2D eigenvalue weighted by Gasteiger charge is -2.39. The normalized spacial score (nSPS) is 17.9. The Morgan fingerprint density at radius 2 is 1.84 bits per heavy atom. The van der Waals surface area contributed by atoms with Gasteiger partial charge in [0.05, 0.1) is 10.8 Å². The van der Waals surface area contributed by atoms with Gasteiger partial charge < -0.3 is 4.90 Å². The van der Waals surface area contributed by atoms with Crippen LogP contribution in [0.2, 0.25) is 0 Å². The summed E-state index contributed by atoms with van der Waals surface area (Å²) in [6.07, 6.45) is 1.23. The highest BCUT2D eigenvalue weighted by Gasteiger charge is 2.19. The first-order valence-corrected chi connectivity index (χ1v) is 7.32. The second-order valence-electron chi connectivity index (χ2n) is 5.00. The van der Waals surface area contributed by atoms with Gasteiger partial charge in [-0.05, 0) is 49.8 Å². The first-order chi connectivity index (χ1) is 9.24. The van der Waals surface area contributed by atoms with Gasteiger partial charge in [-0.25, -0.2) is 0 Å². The van der Waals surface area contributed by atoms with Crippen molar-refractivity contribution in [3.63, 3.8) is 0 Å². The molecule has 0 bridgehead atoms. The zero-order valence-corrected chi connectivity index (χ0v) is 12.5. The average molecular weight is 275 g/mol. The summed E-state index contributed by atoms with van der Waals surface area (Å²) in [5.41, 5.74) is 2.14. The van der Waals surface area contributed by atoms with Crippen molar-refractivity contribution < 1.29 is 0 Å². The van der Waals surface area contributed by atoms with E-state index >= 15 is 0 Å². The molecule has 19 heavy (non-hydrogen) atoms. The van der Waals surface area contributed by atoms with Crippen molar-refractivity contribution in [1.29, 1.82) is 0 Å². The number of piperazine rings is 1. The number of hydrogen-bond donors (Lipinski definition) is 0. The molecule has 3 nitrogen and oxygen atoms in total. The van der Waals surface area contributed by atoms with Gasteiger partial charge >= 0.3 is 0 Å². The van der Waals surface area contributed by atoms with E-state index in [2.05, 4.69) is 58.2 Å². The van der Waals surface area contributed by atoms with Crippen molar-refractivity contribution in [3.8, 4) is 0 Å². The molecule has 1 aliphatic heterocycles. The number of nitrogens with zero attached hydrogens (tertiary/aromatic N) is 3. The lowest BCUT2D eigenvalue weighted by Crippen LogP contribution is -2.49. The Hall–Kier alpha value is -1.22. The summed E-state index contributed by atoms with van der Waals surface area (Å²) in [7, 11) is 0. The molecular weight excluding hydrogens is 254 g/mol. The standard InChI is InChI=1S/C15H21N3S/c1-3-13(2)17-8-10-18(11-9-17)15-6-4-14(5-7-15)16-12-19/h4-7,13H,3,8-11H2,1-2H3/t13-/m1/s1. The van der Waals surface area contributed by atoms with E-state index in [4.69, 9.17) is 0 Å². The van der Waals surface area contributed by atoms with Crippen LogP contribution in [-0.4, -0.2) is 42.3 Å². The fourth-order valence-corrected chi connectivity index (χ4v) is 2.58. The maximum Gasteiger partial charge on any atom is 0.0741 e. The van der Waals surface area contributed by atoms with Crippen molar-refractivity contribution in [2.24, 2.45) is 4.99 Å². The molecule has 102 valence electrons. The number of benzene rings is 1. The summed E-state index contributed by atoms with van der Waals surface area (Å²) < 4.78 is 0. The third kappa shape index (κ3) is 3.63. The molecule has 2 rings (SSSR count). The molecule has 1 aromatic carbocycles. The number of anilines is 1. The molecule has 0 N–H and O–H groups in total. The smallest absolute Gasteiger partial charge is 0.0741 e. The Kier molecular flexibility index (Phi) is 5.08. The fraction of sp³-hybridized carbons (Fsp3) is 0.533. The van der Waals surface area contributed by atoms with Crippen molar-refractivity contribution in [2.75, 3.05) is 31.1 Å². The van der Waals surface area contributed by atoms with Crippen LogP contribution in [0, 0.1) is 0 Å². The maximum atomic E-state index is 4.61. The second kappa shape index (κ2) is 6.80. The number of isothiocyanates is 1. The lowest BCUT2D eigenvalue weighted by atomic mass is 10.1. The summed E-state index contributed by atoms with van der Waals surface area (Å²) in [6.45, 7) is 9.06. The molecule has 0 aliphatic carbocycles. The molecule has 0 unspecified atom stereocenters. The van der Waals surface area contributed by atoms with E-state index in [1.807, 2.05) is 12.1 Å². The van der Waals surface area contributed by atoms with E-state index in [9.17, 15) is 0 Å². The van der Waals surface area contributed by atoms with Gasteiger partial charge in [0.1, 0.15) is 0 Å². The molecule has 1 fully saturated rings. The van der Waals surface area contributed by atoms with Gasteiger partial charge in [0.15, 0.2) is 0 Å². The molecule has 0 spiro atoms. The van der Waals surface area contributed by atoms with Crippen LogP contribution in [0.1, 0.15) is 20.3 Å². The third-order valence-corrected chi connectivity index (χ3v) is 4.01. The highest BCUT2D eigenvalue weighted by Crippen LogP contribution is 2.21. The van der Waals surface area contributed by atoms with Crippen LogP contribution >= 0.6 is 12.2 Å². The minimum Gasteiger partial charge on any atom is -0.369 e. The Bertz CT molecular complexity index is 443. The van der Waals surface area contributed by atoms with E-state index in [1.165, 1.54) is 12.1 Å². The molecule has 0 saturated carbocycles. The molecule has 0 aromatic heterocycles. The van der Waals surface area contributed by atoms with Gasteiger partial charge in [0.2, 0.25) is 0 Å². The topological polar surface area (TPSA) is 18.8 Å². The second-order valence-corrected chi connectivity index (χ2v) is 5.18. The average Bonchev–Trinajstić information content (AvgIpc) is 2.48. The first-order valence-electron chi connectivity index (χ1n) is 6.91. The summed E-state index contributed by atoms with van der Waals surface area (Å²) in [4.78, 5) is 8.98. The molecule has 1 heterocycles. The van der Waals surface area contributed by atoms with Crippen LogP contribution in [-0.2, 0) is 0 Å². The van der Waals surface area contributed by atoms with Crippen molar-refractivity contribution in [3.05, 3.63) is 24.3 Å². The van der Waals surface area contributed by atoms with E-state index in [0.717, 1.165) is 31.9 Å². The van der Waals surface area contributed by atoms with Gasteiger partial charge in [-0.15, -0.1) is 0 Å². The van der Waals surface area contributed by atoms with Gasteiger partial charge in [-0.3, -0.25) is 4.90 Å². The van der Waals surface area contributed by atoms with Crippen molar-refractivity contribution >= 4 is 28.8 Å². The lowest BCUT2D eigenvalue weighted by molar-refractivity contribution is 0.193. The number of rotatable bonds is 4. The number of aliphatic imine (C=N–C) groups is 1. The Morgan fingerprint density at radius 1 is 1.21 bits per heavy atom. The van der Waals surface area contributed by atoms with Crippen LogP contribution in [0.15, 0.2) is 29.3 Å². The fourth-order valence-electron chi connectivity index (χ4n) is 2.47. The Morgan fingerprint density at radius 3 is 2.37 bits per heavy atom. The minimum absolute atomic E-state index is 0.696. The van der Waals surface area contributed by atoms with Gasteiger partial charge in [-0.1, -0.05) is 6.92 Å². The monoisotopic (exact) mass is 275 g/mol. The van der Waals surface area contributed by atoms with E-state index < -0.39 is 0 Å². The quantitative estimate of drug-likeness (QED) is 0.620. The summed E-state index contributed by atoms with van der Waals surface area (Å²) >= 11 is 4.61. The summed E-state index contributed by atoms with van der Waals surface area (Å²) in [6, 6.07) is 8.92. The van der Waals surface area contributed by atoms with E-state index in [-0.39, 0.29) is 0 Å². The largest absolute Gasteiger partial charge is 0.369 e. The predicted octanol–water partition coefficient (Wildman–Crippen LogP) is 3.34. The molecule has 1 aliphatic rings. The predicted molar refractivity (Wildman–Crippen MR) is 84.7 cm³/mol. The highest BCUT2D eigenvalue weighted by molar-refractivity contribution is 7.78. The van der Waals surface area contributed by atoms with Crippen LogP contribution in [0.5, 0.6) is 0 Å². The number of thiocarbonyl (C=S) groups is 1. The molecule has 1 atom stereocenters. The highest BCUT2D eigenvalue weighted by atomic mass is 32.1. The Balaban J connectivity index is 1.95.